The molecule has 1 aromatic heterocycles. The Kier molecular flexibility index (Phi) is 5.08. The smallest absolute Gasteiger partial charge is 0.270 e. The van der Waals surface area contributed by atoms with Crippen LogP contribution >= 0.6 is 0 Å². The Bertz CT molecular complexity index is 916. The van der Waals surface area contributed by atoms with Crippen molar-refractivity contribution in [3.63, 3.8) is 0 Å². The molecule has 26 heavy (non-hydrogen) atoms. The van der Waals surface area contributed by atoms with E-state index in [9.17, 15) is 18.5 Å². The molecule has 1 aliphatic heterocycles. The van der Waals surface area contributed by atoms with Crippen LogP contribution in [0.3, 0.4) is 0 Å². The highest BCUT2D eigenvalue weighted by Crippen LogP contribution is 2.25. The molecule has 0 radical (unpaired) electrons. The number of nitro benzene ring substituents is 1. The van der Waals surface area contributed by atoms with Gasteiger partial charge in [-0.2, -0.15) is 4.31 Å². The first-order chi connectivity index (χ1) is 12.3. The van der Waals surface area contributed by atoms with E-state index in [-0.39, 0.29) is 10.6 Å². The van der Waals surface area contributed by atoms with Crippen molar-refractivity contribution in [2.45, 2.75) is 25.3 Å². The lowest BCUT2D eigenvalue weighted by atomic mass is 10.2. The monoisotopic (exact) mass is 380 g/mol. The van der Waals surface area contributed by atoms with Gasteiger partial charge in [-0.3, -0.25) is 15.0 Å². The van der Waals surface area contributed by atoms with Gasteiger partial charge in [0.2, 0.25) is 10.0 Å². The minimum Gasteiger partial charge on any atom is -0.361 e. The van der Waals surface area contributed by atoms with E-state index in [0.717, 1.165) is 17.5 Å². The molecule has 0 N–H and O–H groups in total. The number of hydrogen-bond donors (Lipinski definition) is 0. The van der Waals surface area contributed by atoms with Crippen LogP contribution in [0, 0.1) is 24.0 Å². The molecule has 0 atom stereocenters. The molecule has 140 valence electrons. The maximum Gasteiger partial charge on any atom is 0.270 e. The number of rotatable bonds is 5. The van der Waals surface area contributed by atoms with Gasteiger partial charge in [0.25, 0.3) is 5.69 Å². The molecule has 3 rings (SSSR count). The zero-order valence-corrected chi connectivity index (χ0v) is 15.4. The topological polar surface area (TPSA) is 110 Å². The number of nitrogens with zero attached hydrogens (tertiary/aromatic N) is 4. The number of benzene rings is 1. The van der Waals surface area contributed by atoms with Crippen molar-refractivity contribution in [3.05, 3.63) is 51.4 Å². The Morgan fingerprint density at radius 3 is 2.46 bits per heavy atom. The van der Waals surface area contributed by atoms with Gasteiger partial charge in [0.1, 0.15) is 5.76 Å². The second-order valence-corrected chi connectivity index (χ2v) is 8.22. The summed E-state index contributed by atoms with van der Waals surface area (Å²) in [6.45, 7) is 5.81. The normalized spacial score (nSPS) is 16.7. The first-order valence-electron chi connectivity index (χ1n) is 8.17. The van der Waals surface area contributed by atoms with Crippen molar-refractivity contribution in [1.29, 1.82) is 0 Å². The summed E-state index contributed by atoms with van der Waals surface area (Å²) in [5.74, 6) is 0.738. The van der Waals surface area contributed by atoms with Gasteiger partial charge in [-0.15, -0.1) is 0 Å². The zero-order chi connectivity index (χ0) is 18.9. The van der Waals surface area contributed by atoms with E-state index < -0.39 is 14.9 Å². The first-order valence-corrected chi connectivity index (χ1v) is 9.61. The number of hydrogen-bond acceptors (Lipinski definition) is 7. The van der Waals surface area contributed by atoms with Crippen LogP contribution < -0.4 is 0 Å². The van der Waals surface area contributed by atoms with E-state index >= 15 is 0 Å². The van der Waals surface area contributed by atoms with Crippen LogP contribution in [0.4, 0.5) is 5.69 Å². The van der Waals surface area contributed by atoms with Crippen molar-refractivity contribution < 1.29 is 17.9 Å². The van der Waals surface area contributed by atoms with Gasteiger partial charge < -0.3 is 4.52 Å². The molecule has 1 saturated heterocycles. The van der Waals surface area contributed by atoms with Crippen LogP contribution in [0.25, 0.3) is 0 Å². The van der Waals surface area contributed by atoms with Gasteiger partial charge in [-0.25, -0.2) is 8.42 Å². The summed E-state index contributed by atoms with van der Waals surface area (Å²) in [4.78, 5) is 12.5. The molecule has 1 aromatic carbocycles. The van der Waals surface area contributed by atoms with E-state index in [1.807, 2.05) is 13.0 Å². The fourth-order valence-electron chi connectivity index (χ4n) is 2.97. The standard InChI is InChI=1S/C16H20N4O5S/c1-12-3-4-15(20(21)22)10-16(12)26(23,24)19-7-5-18(6-8-19)11-14-9-13(2)25-17-14/h3-4,9-10H,5-8,11H2,1-2H3. The molecule has 2 heterocycles. The zero-order valence-electron chi connectivity index (χ0n) is 14.6. The van der Waals surface area contributed by atoms with Crippen LogP contribution in [-0.2, 0) is 16.6 Å². The maximum absolute atomic E-state index is 12.9. The van der Waals surface area contributed by atoms with Gasteiger partial charge in [0, 0.05) is 50.9 Å². The molecular weight excluding hydrogens is 360 g/mol. The average molecular weight is 380 g/mol. The number of piperazine rings is 1. The second-order valence-electron chi connectivity index (χ2n) is 6.32. The highest BCUT2D eigenvalue weighted by molar-refractivity contribution is 7.89. The molecule has 0 unspecified atom stereocenters. The molecule has 0 aliphatic carbocycles. The van der Waals surface area contributed by atoms with E-state index in [1.165, 1.54) is 16.4 Å². The van der Waals surface area contributed by atoms with Crippen molar-refractivity contribution in [2.24, 2.45) is 0 Å². The van der Waals surface area contributed by atoms with Gasteiger partial charge in [0.15, 0.2) is 0 Å². The number of aromatic nitrogens is 1. The van der Waals surface area contributed by atoms with Gasteiger partial charge in [0.05, 0.1) is 15.5 Å². The highest BCUT2D eigenvalue weighted by Gasteiger charge is 2.31. The predicted octanol–water partition coefficient (Wildman–Crippen LogP) is 1.71. The fourth-order valence-corrected chi connectivity index (χ4v) is 4.64. The Morgan fingerprint density at radius 1 is 1.19 bits per heavy atom. The molecule has 0 bridgehead atoms. The van der Waals surface area contributed by atoms with E-state index in [1.54, 1.807) is 6.92 Å². The van der Waals surface area contributed by atoms with Gasteiger partial charge >= 0.3 is 0 Å². The third kappa shape index (κ3) is 3.76. The fraction of sp³-hybridized carbons (Fsp3) is 0.438. The predicted molar refractivity (Wildman–Crippen MR) is 93.1 cm³/mol. The Hall–Kier alpha value is -2.30. The first kappa shape index (κ1) is 18.5. The van der Waals surface area contributed by atoms with E-state index in [4.69, 9.17) is 4.52 Å². The molecule has 1 fully saturated rings. The van der Waals surface area contributed by atoms with Crippen molar-refractivity contribution in [1.82, 2.24) is 14.4 Å². The molecule has 1 aliphatic rings. The summed E-state index contributed by atoms with van der Waals surface area (Å²) in [6, 6.07) is 5.77. The summed E-state index contributed by atoms with van der Waals surface area (Å²) in [5, 5.41) is 14.9. The summed E-state index contributed by atoms with van der Waals surface area (Å²) in [6.07, 6.45) is 0. The van der Waals surface area contributed by atoms with Crippen molar-refractivity contribution in [2.75, 3.05) is 26.2 Å². The third-order valence-corrected chi connectivity index (χ3v) is 6.43. The van der Waals surface area contributed by atoms with Crippen LogP contribution in [-0.4, -0.2) is 53.9 Å². The molecule has 0 amide bonds. The Labute approximate surface area is 151 Å². The maximum atomic E-state index is 12.9. The van der Waals surface area contributed by atoms with Crippen LogP contribution in [0.5, 0.6) is 0 Å². The van der Waals surface area contributed by atoms with Crippen LogP contribution in [0.2, 0.25) is 0 Å². The number of non-ortho nitro benzene ring substituents is 1. The molecule has 2 aromatic rings. The van der Waals surface area contributed by atoms with Crippen molar-refractivity contribution in [3.8, 4) is 0 Å². The number of sulfonamides is 1. The van der Waals surface area contributed by atoms with Crippen molar-refractivity contribution >= 4 is 15.7 Å². The molecule has 10 heteroatoms. The highest BCUT2D eigenvalue weighted by atomic mass is 32.2. The quantitative estimate of drug-likeness (QED) is 0.573. The van der Waals surface area contributed by atoms with E-state index in [2.05, 4.69) is 10.1 Å². The van der Waals surface area contributed by atoms with Crippen LogP contribution in [0.1, 0.15) is 17.0 Å². The summed E-state index contributed by atoms with van der Waals surface area (Å²) < 4.78 is 32.2. The Balaban J connectivity index is 1.72. The summed E-state index contributed by atoms with van der Waals surface area (Å²) >= 11 is 0. The molecule has 0 spiro atoms. The largest absolute Gasteiger partial charge is 0.361 e. The average Bonchev–Trinajstić information content (AvgIpc) is 3.00. The lowest BCUT2D eigenvalue weighted by Crippen LogP contribution is -2.48. The third-order valence-electron chi connectivity index (χ3n) is 4.39. The van der Waals surface area contributed by atoms with Crippen LogP contribution in [0.15, 0.2) is 33.7 Å². The Morgan fingerprint density at radius 2 is 1.88 bits per heavy atom. The summed E-state index contributed by atoms with van der Waals surface area (Å²) in [7, 11) is -3.77. The second kappa shape index (κ2) is 7.14. The van der Waals surface area contributed by atoms with E-state index in [0.29, 0.717) is 38.3 Å². The number of nitro groups is 1. The molecule has 0 saturated carbocycles. The lowest BCUT2D eigenvalue weighted by Gasteiger charge is -2.33. The minimum atomic E-state index is -3.77. The lowest BCUT2D eigenvalue weighted by molar-refractivity contribution is -0.385. The number of aryl methyl sites for hydroxylation is 2. The van der Waals surface area contributed by atoms with Gasteiger partial charge in [-0.05, 0) is 19.4 Å². The molecular formula is C16H20N4O5S. The molecule has 9 nitrogen and oxygen atoms in total. The SMILES string of the molecule is Cc1cc(CN2CCN(S(=O)(=O)c3cc([N+](=O)[O-])ccc3C)CC2)no1. The minimum absolute atomic E-state index is 0.00715. The van der Waals surface area contributed by atoms with Gasteiger partial charge in [-0.1, -0.05) is 11.2 Å². The summed E-state index contributed by atoms with van der Waals surface area (Å²) in [5.41, 5.74) is 1.08.